The van der Waals surface area contributed by atoms with Gasteiger partial charge in [0.1, 0.15) is 0 Å². The first-order valence-corrected chi connectivity index (χ1v) is 4.18. The Morgan fingerprint density at radius 2 is 2.15 bits per heavy atom. The van der Waals surface area contributed by atoms with Crippen LogP contribution in [0.3, 0.4) is 0 Å². The van der Waals surface area contributed by atoms with Crippen molar-refractivity contribution >= 4 is 0 Å². The molecule has 1 radical (unpaired) electrons. The molecule has 0 amide bonds. The molecule has 0 aromatic rings. The van der Waals surface area contributed by atoms with Crippen molar-refractivity contribution in [3.63, 3.8) is 0 Å². The van der Waals surface area contributed by atoms with Crippen molar-refractivity contribution in [3.8, 4) is 0 Å². The first kappa shape index (κ1) is 10.9. The normalized spacial score (nSPS) is 19.5. The minimum absolute atomic E-state index is 0. The summed E-state index contributed by atoms with van der Waals surface area (Å²) >= 11 is 0. The summed E-state index contributed by atoms with van der Waals surface area (Å²) in [6.45, 7) is 6.29. The molecule has 0 aromatic heterocycles. The second kappa shape index (κ2) is 4.92. The molecular formula is C11H11NY-2. The Bertz CT molecular complexity index is 297. The van der Waals surface area contributed by atoms with Crippen LogP contribution >= 0.6 is 0 Å². The van der Waals surface area contributed by atoms with Crippen LogP contribution in [0.4, 0.5) is 0 Å². The standard InChI is InChI=1S/C11H11N.Y/c1-2-11-7-6-9-4-3-5-10(9)8-12-11;/h1-2,4-5,12H,3,6,8H2;/q-2;. The van der Waals surface area contributed by atoms with Crippen LogP contribution in [0.1, 0.15) is 12.8 Å². The van der Waals surface area contributed by atoms with E-state index in [2.05, 4.69) is 23.5 Å². The maximum Gasteiger partial charge on any atom is 0.0218 e. The van der Waals surface area contributed by atoms with Crippen LogP contribution in [0, 0.1) is 12.7 Å². The van der Waals surface area contributed by atoms with Gasteiger partial charge in [-0.15, -0.1) is 0 Å². The predicted molar refractivity (Wildman–Crippen MR) is 49.0 cm³/mol. The largest absolute Gasteiger partial charge is 0.493 e. The Hall–Kier alpha value is -0.136. The number of hydrogen-bond acceptors (Lipinski definition) is 1. The third-order valence-corrected chi connectivity index (χ3v) is 2.25. The van der Waals surface area contributed by atoms with Crippen molar-refractivity contribution in [2.75, 3.05) is 6.54 Å². The Morgan fingerprint density at radius 3 is 2.92 bits per heavy atom. The van der Waals surface area contributed by atoms with Gasteiger partial charge in [-0.05, 0) is 12.0 Å². The van der Waals surface area contributed by atoms with Gasteiger partial charge < -0.3 is 24.0 Å². The van der Waals surface area contributed by atoms with Gasteiger partial charge in [0.25, 0.3) is 0 Å². The molecule has 2 aliphatic rings. The summed E-state index contributed by atoms with van der Waals surface area (Å²) in [6, 6.07) is 0. The number of nitrogens with one attached hydrogen (secondary N) is 1. The molecular weight excluding hydrogens is 235 g/mol. The maximum atomic E-state index is 5.40. The van der Waals surface area contributed by atoms with Gasteiger partial charge in [-0.2, -0.15) is 0 Å². The van der Waals surface area contributed by atoms with Crippen molar-refractivity contribution in [2.24, 2.45) is 0 Å². The molecule has 1 heterocycles. The fraction of sp³-hybridized carbons (Fsp3) is 0.273. The van der Waals surface area contributed by atoms with Gasteiger partial charge in [0, 0.05) is 39.3 Å². The molecule has 1 N–H and O–H groups in total. The van der Waals surface area contributed by atoms with E-state index in [4.69, 9.17) is 6.58 Å². The van der Waals surface area contributed by atoms with Crippen LogP contribution in [0.5, 0.6) is 0 Å². The van der Waals surface area contributed by atoms with E-state index in [-0.39, 0.29) is 32.7 Å². The van der Waals surface area contributed by atoms with Gasteiger partial charge in [-0.3, -0.25) is 5.70 Å². The van der Waals surface area contributed by atoms with E-state index in [0.717, 1.165) is 25.1 Å². The summed E-state index contributed by atoms with van der Waals surface area (Å²) in [5, 5.41) is 3.22. The van der Waals surface area contributed by atoms with Gasteiger partial charge in [0.2, 0.25) is 0 Å². The molecule has 2 heteroatoms. The zero-order chi connectivity index (χ0) is 8.39. The van der Waals surface area contributed by atoms with E-state index in [0.29, 0.717) is 0 Å². The van der Waals surface area contributed by atoms with Crippen LogP contribution < -0.4 is 5.32 Å². The molecule has 0 atom stereocenters. The van der Waals surface area contributed by atoms with E-state index in [1.807, 2.05) is 0 Å². The molecule has 1 aliphatic carbocycles. The molecule has 0 saturated heterocycles. The third-order valence-electron chi connectivity index (χ3n) is 2.25. The molecule has 0 bridgehead atoms. The van der Waals surface area contributed by atoms with E-state index < -0.39 is 0 Å². The van der Waals surface area contributed by atoms with Gasteiger partial charge in [-0.1, -0.05) is 24.1 Å². The number of allylic oxidation sites excluding steroid dienone is 4. The number of hydrogen-bond donors (Lipinski definition) is 1. The second-order valence-electron chi connectivity index (χ2n) is 2.98. The van der Waals surface area contributed by atoms with E-state index >= 15 is 0 Å². The van der Waals surface area contributed by atoms with Crippen LogP contribution in [-0.2, 0) is 32.7 Å². The summed E-state index contributed by atoms with van der Waals surface area (Å²) in [5.41, 5.74) is 3.73. The van der Waals surface area contributed by atoms with E-state index in [1.165, 1.54) is 11.1 Å². The van der Waals surface area contributed by atoms with E-state index in [9.17, 15) is 0 Å². The van der Waals surface area contributed by atoms with Crippen molar-refractivity contribution in [3.05, 3.63) is 47.7 Å². The Kier molecular flexibility index (Phi) is 4.14. The monoisotopic (exact) mass is 246 g/mol. The molecule has 65 valence electrons. The summed E-state index contributed by atoms with van der Waals surface area (Å²) < 4.78 is 0. The SMILES string of the molecule is [CH-]=CC1=[C-]CC2=CCC=C2CN1.[Y]. The first-order chi connectivity index (χ1) is 5.90. The van der Waals surface area contributed by atoms with Gasteiger partial charge in [0.15, 0.2) is 0 Å². The molecule has 0 aromatic carbocycles. The minimum atomic E-state index is 0. The molecule has 1 aliphatic heterocycles. The Morgan fingerprint density at radius 1 is 1.38 bits per heavy atom. The van der Waals surface area contributed by atoms with Crippen molar-refractivity contribution in [1.82, 2.24) is 5.32 Å². The predicted octanol–water partition coefficient (Wildman–Crippen LogP) is 1.91. The molecule has 0 spiro atoms. The second-order valence-corrected chi connectivity index (χ2v) is 2.98. The Labute approximate surface area is 105 Å². The summed E-state index contributed by atoms with van der Waals surface area (Å²) in [4.78, 5) is 0. The van der Waals surface area contributed by atoms with Crippen molar-refractivity contribution in [1.29, 1.82) is 0 Å². The molecule has 0 saturated carbocycles. The fourth-order valence-electron chi connectivity index (χ4n) is 1.54. The van der Waals surface area contributed by atoms with Gasteiger partial charge >= 0.3 is 0 Å². The van der Waals surface area contributed by atoms with Crippen LogP contribution in [-0.4, -0.2) is 6.54 Å². The van der Waals surface area contributed by atoms with E-state index in [1.54, 1.807) is 6.08 Å². The molecule has 0 fully saturated rings. The average Bonchev–Trinajstić information content (AvgIpc) is 2.46. The van der Waals surface area contributed by atoms with Gasteiger partial charge in [-0.25, -0.2) is 0 Å². The van der Waals surface area contributed by atoms with Crippen LogP contribution in [0.2, 0.25) is 0 Å². The van der Waals surface area contributed by atoms with Crippen molar-refractivity contribution in [2.45, 2.75) is 12.8 Å². The number of rotatable bonds is 1. The molecule has 1 nitrogen and oxygen atoms in total. The summed E-state index contributed by atoms with van der Waals surface area (Å²) in [6.07, 6.45) is 11.3. The summed E-state index contributed by atoms with van der Waals surface area (Å²) in [7, 11) is 0. The number of fused-ring (bicyclic) bond motifs is 1. The third kappa shape index (κ3) is 2.41. The van der Waals surface area contributed by atoms with Crippen LogP contribution in [0.25, 0.3) is 0 Å². The summed E-state index contributed by atoms with van der Waals surface area (Å²) in [5.74, 6) is 0. The molecule has 2 rings (SSSR count). The van der Waals surface area contributed by atoms with Crippen LogP contribution in [0.15, 0.2) is 35.1 Å². The topological polar surface area (TPSA) is 12.0 Å². The zero-order valence-corrected chi connectivity index (χ0v) is 10.3. The maximum absolute atomic E-state index is 5.40. The smallest absolute Gasteiger partial charge is 0.0218 e. The Balaban J connectivity index is 0.000000845. The molecule has 13 heavy (non-hydrogen) atoms. The average molecular weight is 246 g/mol. The quantitative estimate of drug-likeness (QED) is 0.697. The minimum Gasteiger partial charge on any atom is -0.493 e. The first-order valence-electron chi connectivity index (χ1n) is 4.18. The molecule has 0 unspecified atom stereocenters. The fourth-order valence-corrected chi connectivity index (χ4v) is 1.54. The van der Waals surface area contributed by atoms with Gasteiger partial charge in [0.05, 0.1) is 0 Å². The zero-order valence-electron chi connectivity index (χ0n) is 7.51. The van der Waals surface area contributed by atoms with Crippen molar-refractivity contribution < 1.29 is 32.7 Å².